The highest BCUT2D eigenvalue weighted by molar-refractivity contribution is 5.45. The average Bonchev–Trinajstić information content (AvgIpc) is 2.76. The zero-order valence-corrected chi connectivity index (χ0v) is 16.7. The van der Waals surface area contributed by atoms with Crippen LogP contribution >= 0.6 is 0 Å². The maximum absolute atomic E-state index is 5.13. The molecule has 0 fully saturated rings. The molecule has 0 heterocycles. The predicted octanol–water partition coefficient (Wildman–Crippen LogP) is 2.25. The Morgan fingerprint density at radius 3 is 1.57 bits per heavy atom. The Morgan fingerprint density at radius 2 is 1.10 bits per heavy atom. The van der Waals surface area contributed by atoms with Gasteiger partial charge in [-0.2, -0.15) is 0 Å². The first-order chi connectivity index (χ1) is 14.7. The zero-order valence-electron chi connectivity index (χ0n) is 16.7. The van der Waals surface area contributed by atoms with Crippen molar-refractivity contribution >= 4 is 5.69 Å². The van der Waals surface area contributed by atoms with Gasteiger partial charge in [-0.3, -0.25) is 0 Å². The van der Waals surface area contributed by atoms with E-state index in [1.807, 2.05) is 18.2 Å². The van der Waals surface area contributed by atoms with Crippen LogP contribution in [-0.2, 0) is 0 Å². The Bertz CT molecular complexity index is 1210. The lowest BCUT2D eigenvalue weighted by Gasteiger charge is -2.11. The first-order valence-corrected chi connectivity index (χ1v) is 8.76. The Kier molecular flexibility index (Phi) is 11.5. The minimum Gasteiger partial charge on any atom is -0.148 e. The van der Waals surface area contributed by atoms with Gasteiger partial charge in [-0.15, -0.1) is 4.90 Å². The SMILES string of the molecule is [CH+]=CC#CC#CC#CC#C[NH+](C#CC#CC#CC#CC=[CH+])c1ccccc1C(C)C. The van der Waals surface area contributed by atoms with Crippen molar-refractivity contribution in [2.24, 2.45) is 0 Å². The van der Waals surface area contributed by atoms with E-state index in [9.17, 15) is 0 Å². The second-order valence-corrected chi connectivity index (χ2v) is 5.49. The summed E-state index contributed by atoms with van der Waals surface area (Å²) in [6.07, 6.45) is 2.43. The molecular weight excluding hydrogens is 362 g/mol. The van der Waals surface area contributed by atoms with Gasteiger partial charge in [0.25, 0.3) is 0 Å². The predicted molar refractivity (Wildman–Crippen MR) is 121 cm³/mol. The van der Waals surface area contributed by atoms with Crippen molar-refractivity contribution in [3.8, 4) is 95.0 Å². The van der Waals surface area contributed by atoms with Crippen molar-refractivity contribution in [3.05, 3.63) is 55.1 Å². The van der Waals surface area contributed by atoms with E-state index in [0.29, 0.717) is 10.8 Å². The number of quaternary nitrogens is 1. The van der Waals surface area contributed by atoms with Crippen molar-refractivity contribution in [1.29, 1.82) is 0 Å². The molecule has 1 heteroatoms. The molecule has 1 aromatic carbocycles. The monoisotopic (exact) mass is 378 g/mol. The van der Waals surface area contributed by atoms with E-state index < -0.39 is 0 Å². The summed E-state index contributed by atoms with van der Waals surface area (Å²) >= 11 is 0. The van der Waals surface area contributed by atoms with Crippen LogP contribution in [0.4, 0.5) is 5.69 Å². The Morgan fingerprint density at radius 1 is 0.667 bits per heavy atom. The van der Waals surface area contributed by atoms with Crippen LogP contribution in [0.15, 0.2) is 36.4 Å². The molecule has 0 saturated carbocycles. The van der Waals surface area contributed by atoms with Crippen LogP contribution in [0.25, 0.3) is 0 Å². The minimum absolute atomic E-state index is 0.310. The molecule has 1 nitrogen and oxygen atoms in total. The van der Waals surface area contributed by atoms with Gasteiger partial charge in [0.15, 0.2) is 29.6 Å². The number of para-hydroxylation sites is 1. The van der Waals surface area contributed by atoms with Gasteiger partial charge in [-0.05, 0) is 5.92 Å². The summed E-state index contributed by atoms with van der Waals surface area (Å²) in [6, 6.07) is 14.0. The van der Waals surface area contributed by atoms with E-state index in [1.54, 1.807) is 0 Å². The first kappa shape index (κ1) is 23.0. The maximum atomic E-state index is 5.13. The highest BCUT2D eigenvalue weighted by atomic mass is 15.1. The summed E-state index contributed by atoms with van der Waals surface area (Å²) in [5.41, 5.74) is 2.08. The normalized spacial score (nSPS) is 7.90. The van der Waals surface area contributed by atoms with E-state index in [0.717, 1.165) is 11.3 Å². The fraction of sp³-hybridized carbons (Fsp3) is 0.103. The number of benzene rings is 1. The lowest BCUT2D eigenvalue weighted by molar-refractivity contribution is -0.674. The molecule has 0 aliphatic rings. The third kappa shape index (κ3) is 9.60. The van der Waals surface area contributed by atoms with Crippen molar-refractivity contribution in [2.45, 2.75) is 19.8 Å². The molecule has 0 amide bonds. The van der Waals surface area contributed by atoms with Crippen molar-refractivity contribution in [2.75, 3.05) is 0 Å². The van der Waals surface area contributed by atoms with Crippen molar-refractivity contribution in [3.63, 3.8) is 0 Å². The summed E-state index contributed by atoms with van der Waals surface area (Å²) in [5.74, 6) is 36.7. The summed E-state index contributed by atoms with van der Waals surface area (Å²) in [5, 5.41) is 0. The Hall–Kier alpha value is -5.04. The summed E-state index contributed by atoms with van der Waals surface area (Å²) in [4.78, 5) is 0.624. The van der Waals surface area contributed by atoms with Crippen molar-refractivity contribution in [1.82, 2.24) is 0 Å². The van der Waals surface area contributed by atoms with E-state index in [4.69, 9.17) is 13.2 Å². The lowest BCUT2D eigenvalue weighted by Crippen LogP contribution is -2.99. The quantitative estimate of drug-likeness (QED) is 0.595. The molecule has 0 aromatic heterocycles. The molecule has 0 unspecified atom stereocenters. The van der Waals surface area contributed by atoms with Gasteiger partial charge in [-0.1, -0.05) is 32.0 Å². The minimum atomic E-state index is 0.310. The standard InChI is InChI=1S/C29H15N/c1-5-7-9-11-13-15-17-21-25-30(26-22-18-16-14-12-10-8-6-2)29-24-20-19-23-28(29)27(3)4/h1-2,5-6,19-20,23-24,27H,3-4H3/q+2/p+1. The molecule has 0 spiro atoms. The highest BCUT2D eigenvalue weighted by Crippen LogP contribution is 2.20. The van der Waals surface area contributed by atoms with Crippen LogP contribution in [0.3, 0.4) is 0 Å². The molecule has 1 N–H and O–H groups in total. The topological polar surface area (TPSA) is 4.44 Å². The molecule has 0 aliphatic carbocycles. The van der Waals surface area contributed by atoms with Gasteiger partial charge in [0, 0.05) is 59.0 Å². The summed E-state index contributed by atoms with van der Waals surface area (Å²) in [7, 11) is 0. The van der Waals surface area contributed by atoms with E-state index >= 15 is 0 Å². The fourth-order valence-corrected chi connectivity index (χ4v) is 1.99. The van der Waals surface area contributed by atoms with Crippen LogP contribution < -0.4 is 4.90 Å². The van der Waals surface area contributed by atoms with Gasteiger partial charge >= 0.3 is 0 Å². The maximum Gasteiger partial charge on any atom is 0.222 e. The molecule has 1 rings (SSSR count). The molecule has 134 valence electrons. The van der Waals surface area contributed by atoms with Gasteiger partial charge in [0.2, 0.25) is 12.2 Å². The second kappa shape index (κ2) is 15.1. The van der Waals surface area contributed by atoms with Crippen LogP contribution in [0.5, 0.6) is 0 Å². The number of rotatable bonds is 2. The Balaban J connectivity index is 3.20. The molecule has 0 aliphatic heterocycles. The summed E-state index contributed by atoms with van der Waals surface area (Å²) in [6.45, 7) is 14.5. The van der Waals surface area contributed by atoms with Crippen LogP contribution in [0.2, 0.25) is 0 Å². The molecule has 0 atom stereocenters. The fourth-order valence-electron chi connectivity index (χ4n) is 1.99. The molecule has 0 saturated heterocycles. The van der Waals surface area contributed by atoms with Gasteiger partial charge in [-0.25, -0.2) is 0 Å². The van der Waals surface area contributed by atoms with E-state index in [-0.39, 0.29) is 0 Å². The van der Waals surface area contributed by atoms with Crippen LogP contribution in [0.1, 0.15) is 25.3 Å². The number of allylic oxidation sites excluding steroid dienone is 2. The zero-order chi connectivity index (χ0) is 21.9. The molecular formula is C29H16N+3. The molecule has 1 aromatic rings. The van der Waals surface area contributed by atoms with Gasteiger partial charge in [0.1, 0.15) is 11.8 Å². The molecule has 0 radical (unpaired) electrons. The first-order valence-electron chi connectivity index (χ1n) is 8.76. The summed E-state index contributed by atoms with van der Waals surface area (Å²) < 4.78 is 0. The van der Waals surface area contributed by atoms with Crippen molar-refractivity contribution < 1.29 is 4.90 Å². The second-order valence-electron chi connectivity index (χ2n) is 5.49. The number of hydrogen-bond acceptors (Lipinski definition) is 0. The van der Waals surface area contributed by atoms with Gasteiger partial charge in [0.05, 0.1) is 25.0 Å². The average molecular weight is 378 g/mol. The number of hydrogen-bond donors (Lipinski definition) is 1. The smallest absolute Gasteiger partial charge is 0.148 e. The third-order valence-corrected chi connectivity index (χ3v) is 3.16. The van der Waals surface area contributed by atoms with E-state index in [1.165, 1.54) is 12.2 Å². The number of nitrogens with one attached hydrogen (secondary N) is 1. The van der Waals surface area contributed by atoms with E-state index in [2.05, 4.69) is 115 Å². The largest absolute Gasteiger partial charge is 0.222 e. The molecule has 30 heavy (non-hydrogen) atoms. The highest BCUT2D eigenvalue weighted by Gasteiger charge is 2.15. The van der Waals surface area contributed by atoms with Crippen LogP contribution in [-0.4, -0.2) is 0 Å². The molecule has 0 bridgehead atoms. The van der Waals surface area contributed by atoms with Gasteiger partial charge < -0.3 is 0 Å². The third-order valence-electron chi connectivity index (χ3n) is 3.16. The lowest BCUT2D eigenvalue weighted by atomic mass is 10.0. The van der Waals surface area contributed by atoms with Crippen LogP contribution in [0, 0.1) is 108 Å². The Labute approximate surface area is 180 Å².